The Balaban J connectivity index is 0.00000256. The molecule has 0 heterocycles. The van der Waals surface area contributed by atoms with Crippen LogP contribution in [0.2, 0.25) is 0 Å². The first-order chi connectivity index (χ1) is 7.16. The first kappa shape index (κ1) is 15.9. The number of phenolic OH excluding ortho intramolecular Hbond substituents is 1. The second-order valence-corrected chi connectivity index (χ2v) is 2.94. The quantitative estimate of drug-likeness (QED) is 0.614. The van der Waals surface area contributed by atoms with Crippen LogP contribution in [0.1, 0.15) is 11.6 Å². The highest BCUT2D eigenvalue weighted by Gasteiger charge is 2.42. The highest BCUT2D eigenvalue weighted by atomic mass is 35.5. The van der Waals surface area contributed by atoms with Crippen LogP contribution in [0.25, 0.3) is 0 Å². The molecule has 0 aliphatic rings. The van der Waals surface area contributed by atoms with Gasteiger partial charge in [0.25, 0.3) is 0 Å². The van der Waals surface area contributed by atoms with Gasteiger partial charge in [0.15, 0.2) is 17.5 Å². The van der Waals surface area contributed by atoms with Crippen LogP contribution in [0.5, 0.6) is 5.75 Å². The molecule has 17 heavy (non-hydrogen) atoms. The van der Waals surface area contributed by atoms with Crippen LogP contribution in [0.15, 0.2) is 6.07 Å². The molecule has 0 spiro atoms. The molecule has 0 radical (unpaired) electrons. The Morgan fingerprint density at radius 3 is 2.00 bits per heavy atom. The summed E-state index contributed by atoms with van der Waals surface area (Å²) in [6, 6.07) is -2.90. The van der Waals surface area contributed by atoms with E-state index in [1.54, 1.807) is 0 Å². The predicted molar refractivity (Wildman–Crippen MR) is 48.2 cm³/mol. The number of phenols is 1. The van der Waals surface area contributed by atoms with E-state index in [-0.39, 0.29) is 18.5 Å². The van der Waals surface area contributed by atoms with Gasteiger partial charge in [-0.2, -0.15) is 13.2 Å². The van der Waals surface area contributed by atoms with Crippen molar-refractivity contribution in [3.63, 3.8) is 0 Å². The lowest BCUT2D eigenvalue weighted by atomic mass is 10.0. The summed E-state index contributed by atoms with van der Waals surface area (Å²) in [6.07, 6.45) is -5.08. The van der Waals surface area contributed by atoms with Gasteiger partial charge in [0.05, 0.1) is 5.56 Å². The maximum Gasteiger partial charge on any atom is 0.407 e. The number of nitrogens with two attached hydrogens (primary N) is 1. The molecule has 3 N–H and O–H groups in total. The minimum atomic E-state index is -5.08. The lowest BCUT2D eigenvalue weighted by Gasteiger charge is -2.17. The van der Waals surface area contributed by atoms with Gasteiger partial charge in [-0.05, 0) is 0 Å². The van der Waals surface area contributed by atoms with Gasteiger partial charge >= 0.3 is 6.18 Å². The summed E-state index contributed by atoms with van der Waals surface area (Å²) in [5.74, 6) is -7.45. The molecule has 98 valence electrons. The lowest BCUT2D eigenvalue weighted by molar-refractivity contribution is -0.150. The minimum Gasteiger partial charge on any atom is -0.507 e. The highest BCUT2D eigenvalue weighted by Crippen LogP contribution is 2.37. The number of alkyl halides is 3. The minimum absolute atomic E-state index is 0. The summed E-state index contributed by atoms with van der Waals surface area (Å²) in [6.45, 7) is 0. The number of hydrogen-bond donors (Lipinski definition) is 2. The third kappa shape index (κ3) is 2.95. The van der Waals surface area contributed by atoms with E-state index in [0.717, 1.165) is 0 Å². The molecule has 1 aromatic rings. The summed E-state index contributed by atoms with van der Waals surface area (Å²) >= 11 is 0. The summed E-state index contributed by atoms with van der Waals surface area (Å²) in [5.41, 5.74) is 3.06. The Bertz CT molecular complexity index is 421. The Morgan fingerprint density at radius 1 is 1.12 bits per heavy atom. The smallest absolute Gasteiger partial charge is 0.407 e. The molecule has 0 saturated heterocycles. The zero-order valence-corrected chi connectivity index (χ0v) is 8.67. The Kier molecular flexibility index (Phi) is 4.67. The summed E-state index contributed by atoms with van der Waals surface area (Å²) in [7, 11) is 0. The van der Waals surface area contributed by atoms with Gasteiger partial charge in [-0.15, -0.1) is 12.4 Å². The molecule has 0 amide bonds. The molecule has 0 aliphatic heterocycles. The van der Waals surface area contributed by atoms with Crippen LogP contribution >= 0.6 is 12.4 Å². The van der Waals surface area contributed by atoms with Crippen molar-refractivity contribution in [2.45, 2.75) is 12.2 Å². The maximum absolute atomic E-state index is 12.9. The zero-order chi connectivity index (χ0) is 12.7. The molecule has 0 fully saturated rings. The largest absolute Gasteiger partial charge is 0.507 e. The van der Waals surface area contributed by atoms with Crippen molar-refractivity contribution in [2.75, 3.05) is 0 Å². The first-order valence-corrected chi connectivity index (χ1v) is 3.85. The van der Waals surface area contributed by atoms with E-state index in [9.17, 15) is 26.3 Å². The number of aromatic hydroxyl groups is 1. The predicted octanol–water partition coefficient (Wildman–Crippen LogP) is 2.79. The highest BCUT2D eigenvalue weighted by molar-refractivity contribution is 5.85. The molecule has 0 saturated carbocycles. The summed E-state index contributed by atoms with van der Waals surface area (Å²) in [5, 5.41) is 8.90. The van der Waals surface area contributed by atoms with E-state index in [4.69, 9.17) is 5.11 Å². The van der Waals surface area contributed by atoms with Crippen LogP contribution in [0.3, 0.4) is 0 Å². The number of benzene rings is 1. The number of hydrogen-bond acceptors (Lipinski definition) is 2. The molecule has 0 bridgehead atoms. The van der Waals surface area contributed by atoms with Gasteiger partial charge in [-0.1, -0.05) is 0 Å². The normalized spacial score (nSPS) is 13.1. The zero-order valence-electron chi connectivity index (χ0n) is 7.86. The first-order valence-electron chi connectivity index (χ1n) is 3.85. The van der Waals surface area contributed by atoms with Gasteiger partial charge in [0, 0.05) is 6.07 Å². The van der Waals surface area contributed by atoms with E-state index in [2.05, 4.69) is 5.73 Å². The molecule has 1 aromatic carbocycles. The molecule has 0 unspecified atom stereocenters. The molecule has 9 heteroatoms. The van der Waals surface area contributed by atoms with Crippen molar-refractivity contribution in [2.24, 2.45) is 5.73 Å². The van der Waals surface area contributed by atoms with Crippen molar-refractivity contribution in [3.05, 3.63) is 29.1 Å². The molecule has 1 atom stereocenters. The van der Waals surface area contributed by atoms with Gasteiger partial charge in [0.1, 0.15) is 11.8 Å². The van der Waals surface area contributed by atoms with Gasteiger partial charge in [-0.3, -0.25) is 0 Å². The van der Waals surface area contributed by atoms with Crippen LogP contribution < -0.4 is 5.73 Å². The lowest BCUT2D eigenvalue weighted by Crippen LogP contribution is -2.29. The second kappa shape index (κ2) is 5.01. The molecular weight excluding hydrogens is 276 g/mol. The van der Waals surface area contributed by atoms with Crippen LogP contribution in [-0.4, -0.2) is 11.3 Å². The standard InChI is InChI=1S/C8H5F6NO.ClH/c9-2-1-3(16)4(6(11)5(2)10)7(15)8(12,13)14;/h1,7,16H,15H2;1H/t7-;/m0./s1. The third-order valence-electron chi connectivity index (χ3n) is 1.84. The van der Waals surface area contributed by atoms with Crippen molar-refractivity contribution >= 4 is 12.4 Å². The Hall–Kier alpha value is -1.15. The van der Waals surface area contributed by atoms with E-state index in [1.807, 2.05) is 0 Å². The average molecular weight is 282 g/mol. The fourth-order valence-corrected chi connectivity index (χ4v) is 1.06. The average Bonchev–Trinajstić information content (AvgIpc) is 2.13. The van der Waals surface area contributed by atoms with Gasteiger partial charge in [0.2, 0.25) is 0 Å². The SMILES string of the molecule is Cl.N[C@@H](c1c(O)cc(F)c(F)c1F)C(F)(F)F. The number of halogens is 7. The fourth-order valence-electron chi connectivity index (χ4n) is 1.06. The Labute approximate surface area is 97.4 Å². The van der Waals surface area contributed by atoms with E-state index in [0.29, 0.717) is 0 Å². The molecular formula is C8H6ClF6NO. The maximum atomic E-state index is 12.9. The molecule has 0 aromatic heterocycles. The monoisotopic (exact) mass is 281 g/mol. The van der Waals surface area contributed by atoms with Crippen molar-refractivity contribution in [1.29, 1.82) is 0 Å². The third-order valence-corrected chi connectivity index (χ3v) is 1.84. The summed E-state index contributed by atoms with van der Waals surface area (Å²) < 4.78 is 74.4. The topological polar surface area (TPSA) is 46.2 Å². The number of rotatable bonds is 1. The van der Waals surface area contributed by atoms with Crippen LogP contribution in [0.4, 0.5) is 26.3 Å². The summed E-state index contributed by atoms with van der Waals surface area (Å²) in [4.78, 5) is 0. The fraction of sp³-hybridized carbons (Fsp3) is 0.250. The molecule has 2 nitrogen and oxygen atoms in total. The van der Waals surface area contributed by atoms with E-state index in [1.165, 1.54) is 0 Å². The second-order valence-electron chi connectivity index (χ2n) is 2.94. The van der Waals surface area contributed by atoms with Crippen molar-refractivity contribution in [1.82, 2.24) is 0 Å². The van der Waals surface area contributed by atoms with Gasteiger partial charge < -0.3 is 10.8 Å². The van der Waals surface area contributed by atoms with Crippen LogP contribution in [-0.2, 0) is 0 Å². The van der Waals surface area contributed by atoms with Gasteiger partial charge in [-0.25, -0.2) is 13.2 Å². The van der Waals surface area contributed by atoms with Crippen molar-refractivity contribution < 1.29 is 31.4 Å². The molecule has 0 aliphatic carbocycles. The van der Waals surface area contributed by atoms with E-state index >= 15 is 0 Å². The Morgan fingerprint density at radius 2 is 1.59 bits per heavy atom. The van der Waals surface area contributed by atoms with E-state index < -0.39 is 41.0 Å². The van der Waals surface area contributed by atoms with Crippen LogP contribution in [0, 0.1) is 17.5 Å². The van der Waals surface area contributed by atoms with Crippen molar-refractivity contribution in [3.8, 4) is 5.75 Å². The molecule has 1 rings (SSSR count).